The van der Waals surface area contributed by atoms with E-state index in [9.17, 15) is 73.5 Å². The Labute approximate surface area is 688 Å². The molecule has 0 spiro atoms. The van der Waals surface area contributed by atoms with Gasteiger partial charge in [-0.05, 0) is 178 Å². The Morgan fingerprint density at radius 2 is 0.669 bits per heavy atom. The van der Waals surface area contributed by atoms with Gasteiger partial charge in [0.1, 0.15) is 138 Å². The number of hydrogen-bond donors (Lipinski definition) is 16. The molecule has 29 nitrogen and oxygen atoms in total. The Kier molecular flexibility index (Phi) is 45.3. The normalized spacial score (nSPS) is 11.5. The van der Waals surface area contributed by atoms with Gasteiger partial charge in [-0.25, -0.2) is 39.5 Å². The molecular weight excluding hydrogens is 1610 g/mol. The molecule has 638 valence electrons. The topological polar surface area (TPSA) is 557 Å². The van der Waals surface area contributed by atoms with Gasteiger partial charge in [-0.15, -0.1) is 0 Å². The van der Waals surface area contributed by atoms with E-state index in [0.717, 1.165) is 46.3 Å². The van der Waals surface area contributed by atoms with Crippen molar-refractivity contribution in [3.8, 4) is 24.3 Å². The quantitative estimate of drug-likeness (QED) is 0.0123. The first kappa shape index (κ1) is 104. The van der Waals surface area contributed by atoms with E-state index in [1.165, 1.54) is 58.9 Å². The van der Waals surface area contributed by atoms with Crippen molar-refractivity contribution in [1.82, 2.24) is 13.1 Å². The molecule has 41 heteroatoms. The minimum atomic E-state index is -1.18. The molecular formula is C77H96F9N21O8S3. The highest BCUT2D eigenvalue weighted by Gasteiger charge is 2.26. The lowest BCUT2D eigenvalue weighted by atomic mass is 10.0. The van der Waals surface area contributed by atoms with Gasteiger partial charge >= 0.3 is 0 Å². The third kappa shape index (κ3) is 37.5. The number of aromatic nitrogens is 3. The van der Waals surface area contributed by atoms with E-state index in [-0.39, 0.29) is 57.4 Å². The van der Waals surface area contributed by atoms with Crippen molar-refractivity contribution in [1.29, 1.82) is 21.0 Å². The molecule has 0 unspecified atom stereocenters. The monoisotopic (exact) mass is 1710 g/mol. The first-order valence-electron chi connectivity index (χ1n) is 35.4. The molecule has 0 aliphatic carbocycles. The maximum atomic E-state index is 14.5. The third-order valence-electron chi connectivity index (χ3n) is 15.0. The van der Waals surface area contributed by atoms with Gasteiger partial charge in [0.15, 0.2) is 0 Å². The zero-order chi connectivity index (χ0) is 90.3. The summed E-state index contributed by atoms with van der Waals surface area (Å²) in [4.78, 5) is 67.8. The van der Waals surface area contributed by atoms with Crippen LogP contribution in [0.2, 0.25) is 0 Å². The largest absolute Gasteiger partial charge is 0.389 e. The highest BCUT2D eigenvalue weighted by molar-refractivity contribution is 7.10. The Hall–Kier alpha value is -12.4. The Balaban J connectivity index is 0.000000711. The Morgan fingerprint density at radius 3 is 0.958 bits per heavy atom. The minimum absolute atomic E-state index is 0.0653. The van der Waals surface area contributed by atoms with Gasteiger partial charge in [0.25, 0.3) is 5.91 Å². The number of nitriles is 4. The van der Waals surface area contributed by atoms with Crippen molar-refractivity contribution in [3.05, 3.63) is 176 Å². The van der Waals surface area contributed by atoms with Crippen molar-refractivity contribution < 1.29 is 78.8 Å². The Morgan fingerprint density at radius 1 is 0.381 bits per heavy atom. The number of nitrogens with zero attached hydrogens (tertiary/aromatic N) is 7. The van der Waals surface area contributed by atoms with Gasteiger partial charge in [-0.1, -0.05) is 69.2 Å². The van der Waals surface area contributed by atoms with Crippen LogP contribution >= 0.6 is 34.6 Å². The highest BCUT2D eigenvalue weighted by atomic mass is 32.1. The predicted molar refractivity (Wildman–Crippen MR) is 437 cm³/mol. The van der Waals surface area contributed by atoms with Gasteiger partial charge < -0.3 is 77.8 Å². The standard InChI is InChI=1S/C17H22FN5O2S.C17H20FN5OS.2C13H15F2N3O.C7H2F3N.C6H14N2O.C4H6N2S.H2O2/c1-8(2)4-13(16(19)24)21-10-6-11(18)15(17(20)25)12(7-10)22-14-5-9(3)23-26-14;1-9(2)4-15(17(20)24)21-11-6-13(18)12(8-19)14(7-11)22-16-5-10(3)23-25-16;1-7(2)3-12(13(17)19)18-8-4-10(14)9(6-16)11(15)5-8;1-7(2)3-12(13(17)19)18-11-5-8(14)4-10(15)9(11)6-16;8-4-1-6(9)5(3-11)7(10)2-4;1-4(2)3-5(7)6(8)9;1-3-2-4(5)7-6-3;1-2/h5-8,13,21-22H,4H2,1-3H3,(H2,19,24)(H2,20,25);5-7,9,15,21-22H,4H2,1-3H3,(H2,20,24);2*4-5,7,12,18H,3H2,1-2H3,(H2,17,19);1-2H;4-5H,3,7H2,1-2H3,(H2,8,9);2H,5H2,1H3;1-2H/t13-;15-;2*12-;;5-;;/m1111.1../s1. The van der Waals surface area contributed by atoms with Crippen LogP contribution in [0.1, 0.15) is 151 Å². The lowest BCUT2D eigenvalue weighted by Crippen LogP contribution is -2.37. The number of benzene rings is 5. The average Bonchev–Trinajstić information content (AvgIpc) is 1.24. The molecule has 5 atom stereocenters. The number of amides is 6. The molecule has 0 radical (unpaired) electrons. The third-order valence-corrected chi connectivity index (χ3v) is 17.3. The molecule has 118 heavy (non-hydrogen) atoms. The summed E-state index contributed by atoms with van der Waals surface area (Å²) in [7, 11) is 0. The van der Waals surface area contributed by atoms with Crippen LogP contribution < -0.4 is 77.8 Å². The van der Waals surface area contributed by atoms with Crippen molar-refractivity contribution in [3.63, 3.8) is 0 Å². The van der Waals surface area contributed by atoms with Crippen LogP contribution in [-0.4, -0.2) is 89.3 Å². The van der Waals surface area contributed by atoms with E-state index in [1.807, 2.05) is 102 Å². The van der Waals surface area contributed by atoms with Crippen LogP contribution in [0.5, 0.6) is 0 Å². The Bertz CT molecular complexity index is 4790. The zero-order valence-corrected chi connectivity index (χ0v) is 69.0. The predicted octanol–water partition coefficient (Wildman–Crippen LogP) is 13.4. The fourth-order valence-electron chi connectivity index (χ4n) is 9.93. The molecule has 0 fully saturated rings. The van der Waals surface area contributed by atoms with Gasteiger partial charge in [-0.2, -0.15) is 34.2 Å². The number of aryl methyl sites for hydroxylation is 3. The van der Waals surface area contributed by atoms with E-state index in [2.05, 4.69) is 45.0 Å². The highest BCUT2D eigenvalue weighted by Crippen LogP contribution is 2.33. The maximum Gasteiger partial charge on any atom is 0.253 e. The van der Waals surface area contributed by atoms with Crippen LogP contribution in [0.4, 0.5) is 88.6 Å². The van der Waals surface area contributed by atoms with Crippen LogP contribution in [0.25, 0.3) is 0 Å². The smallest absolute Gasteiger partial charge is 0.253 e. The van der Waals surface area contributed by atoms with E-state index < -0.39 is 129 Å². The molecule has 3 aromatic heterocycles. The summed E-state index contributed by atoms with van der Waals surface area (Å²) >= 11 is 3.72. The van der Waals surface area contributed by atoms with Gasteiger partial charge in [-0.3, -0.25) is 39.3 Å². The number of nitrogens with two attached hydrogens (primary N) is 8. The number of primary amides is 6. The van der Waals surface area contributed by atoms with Gasteiger partial charge in [0.2, 0.25) is 29.5 Å². The van der Waals surface area contributed by atoms with Crippen molar-refractivity contribution in [2.45, 2.75) is 152 Å². The summed E-state index contributed by atoms with van der Waals surface area (Å²) in [5, 5.41) is 66.1. The molecule has 0 aliphatic heterocycles. The number of anilines is 9. The SMILES string of the molecule is CC(C)C[C@@H](N)C(N)=O.CC(C)C[C@@H](Nc1cc(F)c(C#N)c(F)c1)C(N)=O.CC(C)C[C@@H](Nc1cc(F)cc(F)c1C#N)C(N)=O.Cc1cc(N)sn1.Cc1cc(Nc2cc(N[C@H](CC(C)C)C(N)=O)cc(F)c2C#N)sn1.Cc1cc(Nc2cc(N[C@H](CC(C)C)C(N)=O)cc(F)c2C(N)=O)sn1.N#Cc1c(F)cc(F)cc1F.OO. The lowest BCUT2D eigenvalue weighted by Gasteiger charge is -2.20. The first-order valence-corrected chi connectivity index (χ1v) is 37.7. The molecule has 5 aromatic carbocycles. The summed E-state index contributed by atoms with van der Waals surface area (Å²) in [6.45, 7) is 25.0. The summed E-state index contributed by atoms with van der Waals surface area (Å²) in [6.07, 6.45) is 2.53. The molecule has 6 amide bonds. The van der Waals surface area contributed by atoms with E-state index in [4.69, 9.17) is 72.2 Å². The molecule has 24 N–H and O–H groups in total. The molecule has 0 saturated carbocycles. The van der Waals surface area contributed by atoms with Gasteiger partial charge in [0, 0.05) is 35.3 Å². The number of halogens is 9. The number of nitrogens with one attached hydrogen (secondary N) is 6. The molecule has 3 heterocycles. The second-order valence-electron chi connectivity index (χ2n) is 27.8. The zero-order valence-electron chi connectivity index (χ0n) is 66.5. The second kappa shape index (κ2) is 51.5. The number of carbonyl (C=O) groups is 6. The average molecular weight is 1710 g/mol. The fourth-order valence-corrected chi connectivity index (χ4v) is 11.8. The molecule has 0 bridgehead atoms. The number of nitrogen functional groups attached to an aromatic ring is 1. The first-order chi connectivity index (χ1) is 55.1. The second-order valence-corrected chi connectivity index (χ2v) is 30.2. The summed E-state index contributed by atoms with van der Waals surface area (Å²) < 4.78 is 131. The van der Waals surface area contributed by atoms with Crippen LogP contribution in [0.15, 0.2) is 78.9 Å². The van der Waals surface area contributed by atoms with Crippen LogP contribution in [0, 0.1) is 148 Å². The lowest BCUT2D eigenvalue weighted by molar-refractivity contribution is -0.176. The fraction of sp³-hybridized carbons (Fsp3) is 0.364. The molecule has 8 aromatic rings. The number of hydrogen-bond acceptors (Lipinski definition) is 26. The molecule has 0 aliphatic rings. The van der Waals surface area contributed by atoms with Crippen molar-refractivity contribution in [2.75, 3.05) is 37.6 Å². The minimum Gasteiger partial charge on any atom is -0.389 e. The van der Waals surface area contributed by atoms with Crippen LogP contribution in [-0.2, 0) is 24.0 Å². The van der Waals surface area contributed by atoms with Crippen molar-refractivity contribution >= 4 is 119 Å². The van der Waals surface area contributed by atoms with Crippen molar-refractivity contribution in [2.24, 2.45) is 69.7 Å². The van der Waals surface area contributed by atoms with E-state index in [0.29, 0.717) is 83.3 Å². The van der Waals surface area contributed by atoms with Gasteiger partial charge in [0.05, 0.1) is 45.7 Å². The van der Waals surface area contributed by atoms with E-state index >= 15 is 0 Å². The number of rotatable bonds is 28. The van der Waals surface area contributed by atoms with E-state index in [1.54, 1.807) is 24.3 Å². The summed E-state index contributed by atoms with van der Waals surface area (Å²) in [5.41, 5.74) is 43.9. The molecule has 8 rings (SSSR count). The van der Waals surface area contributed by atoms with Crippen LogP contribution in [0.3, 0.4) is 0 Å². The molecule has 0 saturated heterocycles. The maximum absolute atomic E-state index is 14.5. The number of carbonyl (C=O) groups excluding carboxylic acids is 6. The summed E-state index contributed by atoms with van der Waals surface area (Å²) in [6, 6.07) is 18.2. The summed E-state index contributed by atoms with van der Waals surface area (Å²) in [5.74, 6) is -10.9.